The van der Waals surface area contributed by atoms with Crippen molar-refractivity contribution in [2.24, 2.45) is 0 Å². The molecule has 0 aliphatic carbocycles. The lowest BCUT2D eigenvalue weighted by atomic mass is 10.0. The van der Waals surface area contributed by atoms with Crippen LogP contribution in [0.1, 0.15) is 159 Å². The van der Waals surface area contributed by atoms with E-state index >= 15 is 0 Å². The van der Waals surface area contributed by atoms with Crippen LogP contribution in [-0.4, -0.2) is 107 Å². The lowest BCUT2D eigenvalue weighted by Gasteiger charge is -2.29. The summed E-state index contributed by atoms with van der Waals surface area (Å²) in [6.07, 6.45) is 22.9. The molecule has 1 N–H and O–H groups in total. The van der Waals surface area contributed by atoms with Crippen molar-refractivity contribution < 1.29 is 38.4 Å². The molecule has 2 unspecified atom stereocenters. The van der Waals surface area contributed by atoms with Crippen molar-refractivity contribution in [2.75, 3.05) is 68.2 Å². The van der Waals surface area contributed by atoms with Crippen LogP contribution in [-0.2, 0) is 14.3 Å². The Morgan fingerprint density at radius 3 is 1.72 bits per heavy atom. The average molecular weight is 751 g/mol. The Balaban J connectivity index is 2.78. The summed E-state index contributed by atoms with van der Waals surface area (Å²) in [4.78, 5) is 30.1. The van der Waals surface area contributed by atoms with Crippen molar-refractivity contribution in [3.63, 3.8) is 0 Å². The van der Waals surface area contributed by atoms with Crippen LogP contribution < -0.4 is 14.2 Å². The van der Waals surface area contributed by atoms with Crippen LogP contribution in [0.4, 0.5) is 0 Å². The third-order valence-electron chi connectivity index (χ3n) is 9.78. The number of ether oxygens (including phenoxy) is 5. The number of unbranched alkanes of at least 4 members (excludes halogenated alkanes) is 14. The van der Waals surface area contributed by atoms with E-state index in [2.05, 4.69) is 18.7 Å². The Kier molecular flexibility index (Phi) is 29.3. The van der Waals surface area contributed by atoms with Gasteiger partial charge in [-0.15, -0.1) is 0 Å². The molecule has 0 spiro atoms. The van der Waals surface area contributed by atoms with Crippen LogP contribution in [0.2, 0.25) is 0 Å². The number of rotatable bonds is 35. The van der Waals surface area contributed by atoms with Gasteiger partial charge in [-0.3, -0.25) is 9.69 Å². The fraction of sp³-hybridized carbons (Fsp3) is 0.814. The highest BCUT2D eigenvalue weighted by Crippen LogP contribution is 2.39. The normalized spacial score (nSPS) is 12.6. The molecule has 1 aromatic carbocycles. The smallest absolute Gasteiger partial charge is 0.338 e. The molecule has 0 aromatic heterocycles. The van der Waals surface area contributed by atoms with Crippen LogP contribution in [0.25, 0.3) is 0 Å². The molecule has 0 radical (unpaired) electrons. The number of benzene rings is 1. The first-order chi connectivity index (χ1) is 25.7. The summed E-state index contributed by atoms with van der Waals surface area (Å²) in [5.74, 6) is -0.367. The molecule has 0 aliphatic heterocycles. The molecule has 0 saturated carbocycles. The summed E-state index contributed by atoms with van der Waals surface area (Å²) in [6, 6.07) is 3.01. The third kappa shape index (κ3) is 23.9. The van der Waals surface area contributed by atoms with Crippen LogP contribution >= 0.6 is 0 Å². The van der Waals surface area contributed by atoms with Gasteiger partial charge in [-0.1, -0.05) is 117 Å². The van der Waals surface area contributed by atoms with Gasteiger partial charge < -0.3 is 33.7 Å². The van der Waals surface area contributed by atoms with Gasteiger partial charge in [0, 0.05) is 33.2 Å². The van der Waals surface area contributed by atoms with Crippen LogP contribution in [0.15, 0.2) is 12.1 Å². The maximum absolute atomic E-state index is 13.1. The van der Waals surface area contributed by atoms with Crippen LogP contribution in [0, 0.1) is 0 Å². The standard InChI is InChI=1S/C43H78N2O8/c1-8-10-12-14-16-18-20-22-26-37(46)34-45(35-38(49-5)27-23-21-19-17-15-13-11-9-2)30-24-28-41(47)53-42-39(50-6)32-36(33-40(42)51-7)43(48)52-31-25-29-44(3)4/h32-33,37-38,46H,8-31,34-35H2,1-7H3. The van der Waals surface area contributed by atoms with Crippen molar-refractivity contribution in [3.05, 3.63) is 17.7 Å². The Hall–Kier alpha value is -2.40. The molecule has 2 atom stereocenters. The first-order valence-corrected chi connectivity index (χ1v) is 20.9. The zero-order valence-electron chi connectivity index (χ0n) is 34.9. The fourth-order valence-corrected chi connectivity index (χ4v) is 6.58. The molecular formula is C43H78N2O8. The molecule has 1 rings (SSSR count). The molecule has 10 heteroatoms. The summed E-state index contributed by atoms with van der Waals surface area (Å²) in [5.41, 5.74) is 0.254. The molecule has 308 valence electrons. The van der Waals surface area contributed by atoms with Crippen molar-refractivity contribution in [3.8, 4) is 17.2 Å². The zero-order valence-corrected chi connectivity index (χ0v) is 34.9. The second-order valence-electron chi connectivity index (χ2n) is 14.9. The predicted octanol–water partition coefficient (Wildman–Crippen LogP) is 9.24. The highest BCUT2D eigenvalue weighted by molar-refractivity contribution is 5.91. The molecule has 0 aliphatic rings. The van der Waals surface area contributed by atoms with Crippen LogP contribution in [0.3, 0.4) is 0 Å². The number of esters is 2. The van der Waals surface area contributed by atoms with Crippen molar-refractivity contribution in [2.45, 2.75) is 161 Å². The minimum atomic E-state index is -0.500. The molecule has 0 bridgehead atoms. The summed E-state index contributed by atoms with van der Waals surface area (Å²) in [7, 11) is 8.61. The van der Waals surface area contributed by atoms with Gasteiger partial charge in [-0.05, 0) is 58.5 Å². The Bertz CT molecular complexity index is 1040. The van der Waals surface area contributed by atoms with E-state index in [1.165, 1.54) is 110 Å². The largest absolute Gasteiger partial charge is 0.493 e. The lowest BCUT2D eigenvalue weighted by molar-refractivity contribution is -0.134. The maximum Gasteiger partial charge on any atom is 0.338 e. The second kappa shape index (κ2) is 31.9. The molecule has 0 heterocycles. The summed E-state index contributed by atoms with van der Waals surface area (Å²) in [5, 5.41) is 11.0. The molecule has 0 saturated heterocycles. The lowest BCUT2D eigenvalue weighted by Crippen LogP contribution is -2.39. The average Bonchev–Trinajstić information content (AvgIpc) is 3.14. The van der Waals surface area contributed by atoms with Gasteiger partial charge in [0.15, 0.2) is 11.5 Å². The SMILES string of the molecule is CCCCCCCCCCC(O)CN(CCCC(=O)Oc1c(OC)cc(C(=O)OCCCN(C)C)cc1OC)CC(CCCCCCCCCC)OC. The van der Waals surface area contributed by atoms with Crippen molar-refractivity contribution >= 4 is 11.9 Å². The van der Waals surface area contributed by atoms with E-state index in [0.29, 0.717) is 32.5 Å². The summed E-state index contributed by atoms with van der Waals surface area (Å²) >= 11 is 0. The quantitative estimate of drug-likeness (QED) is 0.0410. The van der Waals surface area contributed by atoms with Gasteiger partial charge in [0.1, 0.15) is 0 Å². The highest BCUT2D eigenvalue weighted by Gasteiger charge is 2.22. The molecule has 0 amide bonds. The van der Waals surface area contributed by atoms with Gasteiger partial charge in [0.2, 0.25) is 5.75 Å². The predicted molar refractivity (Wildman–Crippen MR) is 216 cm³/mol. The van der Waals surface area contributed by atoms with Gasteiger partial charge >= 0.3 is 11.9 Å². The minimum absolute atomic E-state index is 0.0732. The molecule has 1 aromatic rings. The summed E-state index contributed by atoms with van der Waals surface area (Å²) < 4.78 is 28.1. The van der Waals surface area contributed by atoms with E-state index in [9.17, 15) is 14.7 Å². The van der Waals surface area contributed by atoms with Crippen molar-refractivity contribution in [1.29, 1.82) is 0 Å². The van der Waals surface area contributed by atoms with Gasteiger partial charge in [-0.2, -0.15) is 0 Å². The van der Waals surface area contributed by atoms with E-state index < -0.39 is 18.0 Å². The summed E-state index contributed by atoms with van der Waals surface area (Å²) in [6.45, 7) is 7.49. The highest BCUT2D eigenvalue weighted by atomic mass is 16.6. The number of hydrogen-bond acceptors (Lipinski definition) is 10. The number of carbonyl (C=O) groups excluding carboxylic acids is 2. The number of hydrogen-bond donors (Lipinski definition) is 1. The number of aliphatic hydroxyl groups excluding tert-OH is 1. The van der Waals surface area contributed by atoms with Gasteiger partial charge in [0.05, 0.1) is 38.6 Å². The van der Waals surface area contributed by atoms with Gasteiger partial charge in [-0.25, -0.2) is 4.79 Å². The minimum Gasteiger partial charge on any atom is -0.493 e. The Morgan fingerprint density at radius 1 is 0.679 bits per heavy atom. The monoisotopic (exact) mass is 751 g/mol. The molecule has 53 heavy (non-hydrogen) atoms. The van der Waals surface area contributed by atoms with Gasteiger partial charge in [0.25, 0.3) is 0 Å². The van der Waals surface area contributed by atoms with Crippen molar-refractivity contribution in [1.82, 2.24) is 9.80 Å². The van der Waals surface area contributed by atoms with E-state index in [1.54, 1.807) is 7.11 Å². The fourth-order valence-electron chi connectivity index (χ4n) is 6.58. The topological polar surface area (TPSA) is 107 Å². The molecule has 10 nitrogen and oxygen atoms in total. The zero-order chi connectivity index (χ0) is 39.1. The number of aliphatic hydroxyl groups is 1. The van der Waals surface area contributed by atoms with E-state index in [4.69, 9.17) is 23.7 Å². The van der Waals surface area contributed by atoms with E-state index in [0.717, 1.165) is 38.6 Å². The molecular weight excluding hydrogens is 672 g/mol. The van der Waals surface area contributed by atoms with Crippen LogP contribution in [0.5, 0.6) is 17.2 Å². The Labute approximate surface area is 323 Å². The second-order valence-corrected chi connectivity index (χ2v) is 14.9. The van der Waals surface area contributed by atoms with E-state index in [-0.39, 0.29) is 41.9 Å². The first kappa shape index (κ1) is 48.6. The number of methoxy groups -OCH3 is 3. The molecule has 0 fully saturated rings. The first-order valence-electron chi connectivity index (χ1n) is 20.9. The Morgan fingerprint density at radius 2 is 1.21 bits per heavy atom. The number of carbonyl (C=O) groups is 2. The number of nitrogens with zero attached hydrogens (tertiary/aromatic N) is 2. The maximum atomic E-state index is 13.1. The third-order valence-corrected chi connectivity index (χ3v) is 9.78. The van der Waals surface area contributed by atoms with E-state index in [1.807, 2.05) is 19.0 Å².